The van der Waals surface area contributed by atoms with Gasteiger partial charge < -0.3 is 29.2 Å². The van der Waals surface area contributed by atoms with E-state index in [4.69, 9.17) is 20.2 Å². The van der Waals surface area contributed by atoms with Gasteiger partial charge in [0, 0.05) is 56.2 Å². The molecule has 9 rings (SSSR count). The number of piperidine rings is 2. The van der Waals surface area contributed by atoms with Crippen molar-refractivity contribution in [3.63, 3.8) is 0 Å². The number of fused-ring (bicyclic) bond motifs is 5. The van der Waals surface area contributed by atoms with E-state index in [2.05, 4.69) is 40.4 Å². The molecular formula is C35H43N5O3. The molecule has 3 aliphatic heterocycles. The van der Waals surface area contributed by atoms with Crippen LogP contribution in [0.2, 0.25) is 0 Å². The van der Waals surface area contributed by atoms with Crippen LogP contribution in [-0.4, -0.2) is 63.4 Å². The predicted octanol–water partition coefficient (Wildman–Crippen LogP) is 5.68. The summed E-state index contributed by atoms with van der Waals surface area (Å²) in [6.07, 6.45) is 10.4. The predicted molar refractivity (Wildman–Crippen MR) is 168 cm³/mol. The number of amides is 1. The Morgan fingerprint density at radius 2 is 1.98 bits per heavy atom. The van der Waals surface area contributed by atoms with E-state index in [1.165, 1.54) is 42.1 Å². The number of carbonyl (C=O) groups excluding carboxylic acids is 1. The Labute approximate surface area is 253 Å². The monoisotopic (exact) mass is 581 g/mol. The fourth-order valence-corrected chi connectivity index (χ4v) is 8.10. The first kappa shape index (κ1) is 27.2. The highest BCUT2D eigenvalue weighted by molar-refractivity contribution is 6.00. The second kappa shape index (κ2) is 10.7. The highest BCUT2D eigenvalue weighted by Gasteiger charge is 2.41. The summed E-state index contributed by atoms with van der Waals surface area (Å²) < 4.78 is 16.7. The van der Waals surface area contributed by atoms with Crippen molar-refractivity contribution in [1.82, 2.24) is 19.0 Å². The minimum atomic E-state index is 0.0615. The first-order valence-corrected chi connectivity index (χ1v) is 16.3. The van der Waals surface area contributed by atoms with Crippen molar-refractivity contribution in [2.45, 2.75) is 82.5 Å². The van der Waals surface area contributed by atoms with E-state index in [-0.39, 0.29) is 24.1 Å². The zero-order valence-electron chi connectivity index (χ0n) is 25.4. The number of aromatic nitrogens is 3. The molecule has 5 heterocycles. The molecule has 3 saturated heterocycles. The third-order valence-electron chi connectivity index (χ3n) is 10.6. The Morgan fingerprint density at radius 3 is 2.70 bits per heavy atom. The number of nitrogens with zero attached hydrogens (tertiary/aromatic N) is 4. The molecule has 0 radical (unpaired) electrons. The van der Waals surface area contributed by atoms with Crippen LogP contribution in [0, 0.1) is 11.8 Å². The smallest absolute Gasteiger partial charge is 0.254 e. The zero-order chi connectivity index (χ0) is 29.2. The molecule has 5 fully saturated rings. The maximum absolute atomic E-state index is 13.9. The largest absolute Gasteiger partial charge is 0.494 e. The van der Waals surface area contributed by atoms with E-state index >= 15 is 0 Å². The van der Waals surface area contributed by atoms with Crippen molar-refractivity contribution in [2.24, 2.45) is 24.6 Å². The van der Waals surface area contributed by atoms with Crippen LogP contribution in [0.5, 0.6) is 5.75 Å². The average Bonchev–Trinajstić information content (AvgIpc) is 3.69. The summed E-state index contributed by atoms with van der Waals surface area (Å²) in [6, 6.07) is 13.3. The molecular weight excluding hydrogens is 538 g/mol. The lowest BCUT2D eigenvalue weighted by Gasteiger charge is -2.48. The molecule has 43 heavy (non-hydrogen) atoms. The van der Waals surface area contributed by atoms with Crippen LogP contribution in [0.4, 0.5) is 0 Å². The van der Waals surface area contributed by atoms with Gasteiger partial charge in [-0.2, -0.15) is 0 Å². The van der Waals surface area contributed by atoms with E-state index in [0.717, 1.165) is 74.4 Å². The molecule has 2 bridgehead atoms. The molecule has 4 atom stereocenters. The van der Waals surface area contributed by atoms with Crippen molar-refractivity contribution in [2.75, 3.05) is 20.3 Å². The van der Waals surface area contributed by atoms with Gasteiger partial charge in [0.25, 0.3) is 5.91 Å². The molecule has 8 nitrogen and oxygen atoms in total. The number of imidazole rings is 1. The Hall–Kier alpha value is -3.36. The van der Waals surface area contributed by atoms with Crippen molar-refractivity contribution >= 4 is 27.8 Å². The third-order valence-corrected chi connectivity index (χ3v) is 10.6. The highest BCUT2D eigenvalue weighted by atomic mass is 16.5. The molecule has 2 aliphatic carbocycles. The molecule has 1 unspecified atom stereocenters. The molecule has 2 saturated carbocycles. The van der Waals surface area contributed by atoms with Crippen LogP contribution in [0.25, 0.3) is 33.5 Å². The van der Waals surface area contributed by atoms with Crippen LogP contribution >= 0.6 is 0 Å². The van der Waals surface area contributed by atoms with Crippen LogP contribution < -0.4 is 10.5 Å². The van der Waals surface area contributed by atoms with Crippen molar-refractivity contribution in [3.8, 4) is 17.3 Å². The molecule has 226 valence electrons. The summed E-state index contributed by atoms with van der Waals surface area (Å²) >= 11 is 0. The molecule has 8 heteroatoms. The molecule has 0 spiro atoms. The van der Waals surface area contributed by atoms with Gasteiger partial charge in [-0.3, -0.25) is 4.79 Å². The average molecular weight is 582 g/mol. The summed E-state index contributed by atoms with van der Waals surface area (Å²) in [6.45, 7) is 2.60. The third kappa shape index (κ3) is 4.74. The Kier molecular flexibility index (Phi) is 6.75. The number of aryl methyl sites for hydroxylation is 1. The molecule has 2 aromatic carbocycles. The lowest BCUT2D eigenvalue weighted by molar-refractivity contribution is 0.0169. The number of hydrogen-bond acceptors (Lipinski definition) is 5. The minimum absolute atomic E-state index is 0.0615. The first-order valence-electron chi connectivity index (χ1n) is 16.3. The Morgan fingerprint density at radius 1 is 1.09 bits per heavy atom. The van der Waals surface area contributed by atoms with Gasteiger partial charge in [-0.05, 0) is 87.0 Å². The summed E-state index contributed by atoms with van der Waals surface area (Å²) in [7, 11) is 3.75. The standard InChI is InChI=1S/C35H43N5O3/c1-38-33-29(15-25(17-31(33)42-2)35(41)39-20-24-11-12-26(39)18-28(24)36)37-34(38)30-16-23-7-5-6-22(14-27-8-3-4-13-43-27)32(23)40(30)19-21-9-10-21/h5-7,15-17,21,24,26-28H,3-4,8-14,18-20,36H2,1-2H3/t24-,26-,27?,28+/m1/s1. The van der Waals surface area contributed by atoms with E-state index < -0.39 is 0 Å². The fourth-order valence-electron chi connectivity index (χ4n) is 8.10. The fraction of sp³-hybridized carbons (Fsp3) is 0.543. The zero-order valence-corrected chi connectivity index (χ0v) is 25.4. The molecule has 1 amide bonds. The summed E-state index contributed by atoms with van der Waals surface area (Å²) in [5.41, 5.74) is 12.5. The van der Waals surface area contributed by atoms with Crippen molar-refractivity contribution in [3.05, 3.63) is 47.5 Å². The molecule has 2 aromatic heterocycles. The van der Waals surface area contributed by atoms with E-state index in [1.54, 1.807) is 7.11 Å². The first-order chi connectivity index (χ1) is 21.0. The van der Waals surface area contributed by atoms with E-state index in [0.29, 0.717) is 23.1 Å². The van der Waals surface area contributed by atoms with Gasteiger partial charge in [0.2, 0.25) is 0 Å². The number of nitrogens with two attached hydrogens (primary N) is 1. The topological polar surface area (TPSA) is 87.5 Å². The van der Waals surface area contributed by atoms with Crippen LogP contribution in [-0.2, 0) is 24.8 Å². The number of carbonyl (C=O) groups is 1. The SMILES string of the molecule is COc1cc(C(=O)N2C[C@H]3CC[C@@H]2C[C@@H]3N)cc2nc(-c3cc4cccc(CC5CCCCO5)c4n3CC3CC3)n(C)c12. The lowest BCUT2D eigenvalue weighted by atomic mass is 9.76. The van der Waals surface area contributed by atoms with E-state index in [9.17, 15) is 4.79 Å². The van der Waals surface area contributed by atoms with Gasteiger partial charge in [0.05, 0.1) is 29.9 Å². The van der Waals surface area contributed by atoms with Gasteiger partial charge in [0.1, 0.15) is 11.3 Å². The molecule has 5 aliphatic rings. The van der Waals surface area contributed by atoms with Crippen molar-refractivity contribution < 1.29 is 14.3 Å². The minimum Gasteiger partial charge on any atom is -0.494 e. The molecule has 2 N–H and O–H groups in total. The summed E-state index contributed by atoms with van der Waals surface area (Å²) in [4.78, 5) is 21.1. The summed E-state index contributed by atoms with van der Waals surface area (Å²) in [5.74, 6) is 2.74. The number of benzene rings is 2. The van der Waals surface area contributed by atoms with E-state index in [1.807, 2.05) is 17.0 Å². The maximum atomic E-state index is 13.9. The highest BCUT2D eigenvalue weighted by Crippen LogP contribution is 2.40. The summed E-state index contributed by atoms with van der Waals surface area (Å²) in [5, 5.41) is 1.25. The second-order valence-electron chi connectivity index (χ2n) is 13.5. The number of rotatable bonds is 7. The number of para-hydroxylation sites is 1. The second-order valence-corrected chi connectivity index (χ2v) is 13.5. The van der Waals surface area contributed by atoms with Gasteiger partial charge in [0.15, 0.2) is 5.82 Å². The number of hydrogen-bond donors (Lipinski definition) is 1. The normalized spacial score (nSPS) is 25.6. The van der Waals surface area contributed by atoms with Crippen LogP contribution in [0.15, 0.2) is 36.4 Å². The molecule has 4 aromatic rings. The van der Waals surface area contributed by atoms with Gasteiger partial charge in [-0.1, -0.05) is 18.2 Å². The van der Waals surface area contributed by atoms with Gasteiger partial charge >= 0.3 is 0 Å². The maximum Gasteiger partial charge on any atom is 0.254 e. The quantitative estimate of drug-likeness (QED) is 0.304. The van der Waals surface area contributed by atoms with Crippen LogP contribution in [0.3, 0.4) is 0 Å². The van der Waals surface area contributed by atoms with Crippen molar-refractivity contribution in [1.29, 1.82) is 0 Å². The van der Waals surface area contributed by atoms with Gasteiger partial charge in [-0.25, -0.2) is 4.98 Å². The Balaban J connectivity index is 1.21. The number of ether oxygens (including phenoxy) is 2. The van der Waals surface area contributed by atoms with Crippen LogP contribution in [0.1, 0.15) is 67.3 Å². The number of methoxy groups -OCH3 is 1. The van der Waals surface area contributed by atoms with Gasteiger partial charge in [-0.15, -0.1) is 0 Å². The Bertz CT molecular complexity index is 1690. The lowest BCUT2D eigenvalue weighted by Crippen LogP contribution is -2.58.